The van der Waals surface area contributed by atoms with Gasteiger partial charge in [0.05, 0.1) is 0 Å². The van der Waals surface area contributed by atoms with Crippen LogP contribution in [-0.2, 0) is 9.53 Å². The number of hydrogen-bond donors (Lipinski definition) is 2. The van der Waals surface area contributed by atoms with Crippen molar-refractivity contribution < 1.29 is 14.3 Å². The van der Waals surface area contributed by atoms with Gasteiger partial charge in [-0.1, -0.05) is 24.3 Å². The van der Waals surface area contributed by atoms with Crippen LogP contribution in [0.2, 0.25) is 0 Å². The Morgan fingerprint density at radius 2 is 1.85 bits per heavy atom. The third-order valence-corrected chi connectivity index (χ3v) is 3.94. The molecule has 0 aliphatic carbocycles. The highest BCUT2D eigenvalue weighted by atomic mass is 16.7. The molecule has 6 heteroatoms. The van der Waals surface area contributed by atoms with Gasteiger partial charge in [0, 0.05) is 37.0 Å². The molecule has 0 saturated carbocycles. The van der Waals surface area contributed by atoms with Gasteiger partial charge in [0.1, 0.15) is 11.6 Å². The number of amides is 1. The van der Waals surface area contributed by atoms with Gasteiger partial charge in [0.15, 0.2) is 6.79 Å². The van der Waals surface area contributed by atoms with Crippen molar-refractivity contribution in [1.29, 1.82) is 0 Å². The summed E-state index contributed by atoms with van der Waals surface area (Å²) in [6.07, 6.45) is 1.72. The first-order valence-corrected chi connectivity index (χ1v) is 8.42. The van der Waals surface area contributed by atoms with Crippen LogP contribution in [0.25, 0.3) is 22.3 Å². The van der Waals surface area contributed by atoms with Gasteiger partial charge in [0.2, 0.25) is 5.91 Å². The highest BCUT2D eigenvalue weighted by molar-refractivity contribution is 5.89. The van der Waals surface area contributed by atoms with Crippen LogP contribution in [-0.4, -0.2) is 24.8 Å². The zero-order valence-electron chi connectivity index (χ0n) is 15.2. The maximum absolute atomic E-state index is 11.3. The quantitative estimate of drug-likeness (QED) is 0.648. The third kappa shape index (κ3) is 4.62. The van der Waals surface area contributed by atoms with Crippen LogP contribution in [0.4, 0.5) is 11.5 Å². The van der Waals surface area contributed by atoms with E-state index in [4.69, 9.17) is 15.2 Å². The molecule has 3 N–H and O–H groups in total. The number of pyridine rings is 1. The highest BCUT2D eigenvalue weighted by Gasteiger charge is 2.08. The van der Waals surface area contributed by atoms with Gasteiger partial charge >= 0.3 is 0 Å². The second kappa shape index (κ2) is 8.33. The summed E-state index contributed by atoms with van der Waals surface area (Å²) in [7, 11) is 1.58. The van der Waals surface area contributed by atoms with Gasteiger partial charge < -0.3 is 20.5 Å². The lowest BCUT2D eigenvalue weighted by Crippen LogP contribution is -2.05. The fourth-order valence-electron chi connectivity index (χ4n) is 2.70. The number of nitrogens with zero attached hydrogens (tertiary/aromatic N) is 1. The monoisotopic (exact) mass is 363 g/mol. The lowest BCUT2D eigenvalue weighted by atomic mass is 10.0. The molecule has 0 radical (unpaired) electrons. The number of ether oxygens (including phenoxy) is 2. The van der Waals surface area contributed by atoms with E-state index in [1.54, 1.807) is 13.3 Å². The van der Waals surface area contributed by atoms with Gasteiger partial charge in [-0.3, -0.25) is 4.79 Å². The number of anilines is 2. The fraction of sp³-hybridized carbons (Fsp3) is 0.143. The van der Waals surface area contributed by atoms with E-state index in [0.717, 1.165) is 27.9 Å². The third-order valence-electron chi connectivity index (χ3n) is 3.94. The van der Waals surface area contributed by atoms with E-state index in [1.165, 1.54) is 6.92 Å². The molecule has 0 bridgehead atoms. The Labute approximate surface area is 158 Å². The van der Waals surface area contributed by atoms with Gasteiger partial charge in [-0.15, -0.1) is 0 Å². The van der Waals surface area contributed by atoms with Crippen molar-refractivity contribution in [1.82, 2.24) is 4.98 Å². The van der Waals surface area contributed by atoms with Crippen LogP contribution in [0.15, 0.2) is 60.8 Å². The average molecular weight is 363 g/mol. The summed E-state index contributed by atoms with van der Waals surface area (Å²) in [6.45, 7) is 1.68. The van der Waals surface area contributed by atoms with E-state index in [-0.39, 0.29) is 12.7 Å². The maximum Gasteiger partial charge on any atom is 0.221 e. The Bertz CT molecular complexity index is 940. The van der Waals surface area contributed by atoms with Gasteiger partial charge in [-0.25, -0.2) is 4.98 Å². The van der Waals surface area contributed by atoms with Crippen LogP contribution in [0.1, 0.15) is 6.92 Å². The maximum atomic E-state index is 11.3. The second-order valence-electron chi connectivity index (χ2n) is 5.99. The summed E-state index contributed by atoms with van der Waals surface area (Å²) < 4.78 is 10.3. The normalized spacial score (nSPS) is 10.4. The average Bonchev–Trinajstić information content (AvgIpc) is 2.67. The van der Waals surface area contributed by atoms with Crippen molar-refractivity contribution in [3.63, 3.8) is 0 Å². The topological polar surface area (TPSA) is 86.5 Å². The lowest BCUT2D eigenvalue weighted by molar-refractivity contribution is -0.114. The Hall–Kier alpha value is -3.38. The van der Waals surface area contributed by atoms with Crippen LogP contribution in [0.5, 0.6) is 5.75 Å². The first kappa shape index (κ1) is 18.4. The SMILES string of the molecule is COCOc1ccc(-c2cc(-c3cccc(NC(C)=O)c3)cnc2N)cc1. The summed E-state index contributed by atoms with van der Waals surface area (Å²) in [6, 6.07) is 17.2. The molecule has 1 heterocycles. The standard InChI is InChI=1S/C21H21N3O3/c1-14(25)24-18-5-3-4-16(10-18)17-11-20(21(22)23-12-17)15-6-8-19(9-7-15)27-13-26-2/h3-12H,13H2,1-2H3,(H2,22,23)(H,24,25). The number of nitrogens with one attached hydrogen (secondary N) is 1. The molecular weight excluding hydrogens is 342 g/mol. The molecule has 6 nitrogen and oxygen atoms in total. The first-order valence-electron chi connectivity index (χ1n) is 8.42. The summed E-state index contributed by atoms with van der Waals surface area (Å²) in [5, 5.41) is 2.79. The summed E-state index contributed by atoms with van der Waals surface area (Å²) in [5.41, 5.74) is 10.4. The molecule has 0 atom stereocenters. The van der Waals surface area contributed by atoms with E-state index in [1.807, 2.05) is 54.6 Å². The number of carbonyl (C=O) groups is 1. The highest BCUT2D eigenvalue weighted by Crippen LogP contribution is 2.31. The molecule has 0 aliphatic heterocycles. The van der Waals surface area contributed by atoms with Crippen molar-refractivity contribution in [2.45, 2.75) is 6.92 Å². The molecule has 27 heavy (non-hydrogen) atoms. The van der Waals surface area contributed by atoms with Crippen molar-refractivity contribution in [3.8, 4) is 28.0 Å². The Morgan fingerprint density at radius 3 is 2.56 bits per heavy atom. The van der Waals surface area contributed by atoms with Crippen LogP contribution < -0.4 is 15.8 Å². The number of hydrogen-bond acceptors (Lipinski definition) is 5. The molecule has 3 rings (SSSR count). The molecule has 0 spiro atoms. The molecule has 138 valence electrons. The molecule has 3 aromatic rings. The molecule has 0 unspecified atom stereocenters. The predicted octanol–water partition coefficient (Wildman–Crippen LogP) is 3.94. The van der Waals surface area contributed by atoms with Crippen LogP contribution >= 0.6 is 0 Å². The Balaban J connectivity index is 1.92. The zero-order chi connectivity index (χ0) is 19.2. The van der Waals surface area contributed by atoms with Crippen molar-refractivity contribution >= 4 is 17.4 Å². The summed E-state index contributed by atoms with van der Waals surface area (Å²) in [5.74, 6) is 1.05. The first-order chi connectivity index (χ1) is 13.1. The molecule has 0 fully saturated rings. The van der Waals surface area contributed by atoms with Crippen molar-refractivity contribution in [3.05, 3.63) is 60.8 Å². The van der Waals surface area contributed by atoms with E-state index in [9.17, 15) is 4.79 Å². The van der Waals surface area contributed by atoms with E-state index < -0.39 is 0 Å². The lowest BCUT2D eigenvalue weighted by Gasteiger charge is -2.11. The predicted molar refractivity (Wildman–Crippen MR) is 106 cm³/mol. The van der Waals surface area contributed by atoms with Gasteiger partial charge in [0.25, 0.3) is 0 Å². The minimum Gasteiger partial charge on any atom is -0.468 e. The second-order valence-corrected chi connectivity index (χ2v) is 5.99. The molecule has 1 aromatic heterocycles. The van der Waals surface area contributed by atoms with Gasteiger partial charge in [-0.2, -0.15) is 0 Å². The van der Waals surface area contributed by atoms with E-state index in [2.05, 4.69) is 10.3 Å². The molecule has 1 amide bonds. The number of nitrogens with two attached hydrogens (primary N) is 1. The minimum atomic E-state index is -0.112. The van der Waals surface area contributed by atoms with E-state index >= 15 is 0 Å². The number of aromatic nitrogens is 1. The largest absolute Gasteiger partial charge is 0.468 e. The van der Waals surface area contributed by atoms with Crippen LogP contribution in [0.3, 0.4) is 0 Å². The molecular formula is C21H21N3O3. The Morgan fingerprint density at radius 1 is 1.07 bits per heavy atom. The number of nitrogen functional groups attached to an aromatic ring is 1. The summed E-state index contributed by atoms with van der Waals surface area (Å²) in [4.78, 5) is 15.6. The Kier molecular flexibility index (Phi) is 5.68. The number of carbonyl (C=O) groups excluding carboxylic acids is 1. The fourth-order valence-corrected chi connectivity index (χ4v) is 2.70. The molecule has 0 aliphatic rings. The number of benzene rings is 2. The smallest absolute Gasteiger partial charge is 0.221 e. The zero-order valence-corrected chi connectivity index (χ0v) is 15.2. The number of methoxy groups -OCH3 is 1. The molecule has 0 saturated heterocycles. The molecule has 2 aromatic carbocycles. The van der Waals surface area contributed by atoms with E-state index in [0.29, 0.717) is 11.6 Å². The van der Waals surface area contributed by atoms with Crippen molar-refractivity contribution in [2.24, 2.45) is 0 Å². The summed E-state index contributed by atoms with van der Waals surface area (Å²) >= 11 is 0. The van der Waals surface area contributed by atoms with Crippen molar-refractivity contribution in [2.75, 3.05) is 25.0 Å². The van der Waals surface area contributed by atoms with Crippen LogP contribution in [0, 0.1) is 0 Å². The van der Waals surface area contributed by atoms with Gasteiger partial charge in [-0.05, 0) is 41.5 Å². The number of rotatable bonds is 6. The minimum absolute atomic E-state index is 0.112.